The van der Waals surface area contributed by atoms with Gasteiger partial charge in [0, 0.05) is 19.0 Å². The molecule has 0 saturated heterocycles. The largest absolute Gasteiger partial charge is 0.497 e. The molecule has 1 aliphatic rings. The fraction of sp³-hybridized carbons (Fsp3) is 0.394. The normalized spacial score (nSPS) is 14.5. The average Bonchev–Trinajstić information content (AvgIpc) is 2.98. The van der Waals surface area contributed by atoms with E-state index >= 15 is 0 Å². The first kappa shape index (κ1) is 31.1. The van der Waals surface area contributed by atoms with Crippen molar-refractivity contribution in [1.82, 2.24) is 10.2 Å². The summed E-state index contributed by atoms with van der Waals surface area (Å²) in [6.45, 7) is 1.69. The molecule has 9 heteroatoms. The van der Waals surface area contributed by atoms with Gasteiger partial charge in [0.05, 0.1) is 19.1 Å². The van der Waals surface area contributed by atoms with Gasteiger partial charge in [-0.1, -0.05) is 79.4 Å². The summed E-state index contributed by atoms with van der Waals surface area (Å²) in [4.78, 5) is 29.8. The second-order valence-electron chi connectivity index (χ2n) is 11.0. The Morgan fingerprint density at radius 3 is 2.21 bits per heavy atom. The highest BCUT2D eigenvalue weighted by Crippen LogP contribution is 2.24. The molecule has 2 amide bonds. The maximum absolute atomic E-state index is 14.2. The third-order valence-corrected chi connectivity index (χ3v) is 8.84. The molecule has 8 nitrogen and oxygen atoms in total. The van der Waals surface area contributed by atoms with Crippen LogP contribution in [0, 0.1) is 6.92 Å². The third-order valence-electron chi connectivity index (χ3n) is 7.70. The van der Waals surface area contributed by atoms with E-state index in [1.165, 1.54) is 7.11 Å². The zero-order valence-corrected chi connectivity index (χ0v) is 25.5. The predicted molar refractivity (Wildman–Crippen MR) is 166 cm³/mol. The number of ether oxygens (including phenoxy) is 1. The van der Waals surface area contributed by atoms with E-state index in [9.17, 15) is 18.0 Å². The molecule has 3 aromatic carbocycles. The Morgan fingerprint density at radius 1 is 0.929 bits per heavy atom. The zero-order chi connectivity index (χ0) is 30.1. The smallest absolute Gasteiger partial charge is 0.244 e. The maximum atomic E-state index is 14.2. The van der Waals surface area contributed by atoms with Crippen molar-refractivity contribution >= 4 is 27.5 Å². The molecule has 224 valence electrons. The van der Waals surface area contributed by atoms with Crippen LogP contribution in [0.15, 0.2) is 78.9 Å². The molecule has 0 heterocycles. The number of nitrogens with zero attached hydrogens (tertiary/aromatic N) is 2. The van der Waals surface area contributed by atoms with Crippen molar-refractivity contribution in [2.24, 2.45) is 0 Å². The average molecular weight is 592 g/mol. The molecule has 0 aromatic heterocycles. The second-order valence-corrected chi connectivity index (χ2v) is 12.9. The number of hydrogen-bond acceptors (Lipinski definition) is 5. The van der Waals surface area contributed by atoms with Crippen LogP contribution in [0.2, 0.25) is 0 Å². The first-order chi connectivity index (χ1) is 20.1. The minimum absolute atomic E-state index is 0.0623. The van der Waals surface area contributed by atoms with E-state index in [2.05, 4.69) is 5.32 Å². The molecule has 4 rings (SSSR count). The molecule has 1 unspecified atom stereocenters. The Morgan fingerprint density at radius 2 is 1.60 bits per heavy atom. The summed E-state index contributed by atoms with van der Waals surface area (Å²) in [5, 5.41) is 3.22. The number of rotatable bonds is 12. The highest BCUT2D eigenvalue weighted by molar-refractivity contribution is 7.92. The number of aryl methyl sites for hydroxylation is 1. The Kier molecular flexibility index (Phi) is 10.6. The summed E-state index contributed by atoms with van der Waals surface area (Å²) >= 11 is 0. The van der Waals surface area contributed by atoms with Gasteiger partial charge in [-0.05, 0) is 55.2 Å². The van der Waals surface area contributed by atoms with Crippen molar-refractivity contribution in [2.45, 2.75) is 64.1 Å². The molecular weight excluding hydrogens is 550 g/mol. The van der Waals surface area contributed by atoms with E-state index in [1.807, 2.05) is 61.5 Å². The minimum Gasteiger partial charge on any atom is -0.497 e. The monoisotopic (exact) mass is 591 g/mol. The van der Waals surface area contributed by atoms with Crippen molar-refractivity contribution in [1.29, 1.82) is 0 Å². The van der Waals surface area contributed by atoms with E-state index in [0.717, 1.165) is 59.4 Å². The Bertz CT molecular complexity index is 1440. The van der Waals surface area contributed by atoms with Gasteiger partial charge < -0.3 is 15.0 Å². The Labute approximate surface area is 249 Å². The lowest BCUT2D eigenvalue weighted by atomic mass is 9.94. The van der Waals surface area contributed by atoms with Gasteiger partial charge in [0.25, 0.3) is 0 Å². The fourth-order valence-corrected chi connectivity index (χ4v) is 6.32. The summed E-state index contributed by atoms with van der Waals surface area (Å²) in [5.41, 5.74) is 3.15. The number of amides is 2. The van der Waals surface area contributed by atoms with Crippen LogP contribution in [-0.4, -0.2) is 57.1 Å². The van der Waals surface area contributed by atoms with Gasteiger partial charge in [-0.3, -0.25) is 13.9 Å². The molecule has 1 fully saturated rings. The quantitative estimate of drug-likeness (QED) is 0.325. The van der Waals surface area contributed by atoms with Crippen molar-refractivity contribution in [2.75, 3.05) is 24.2 Å². The van der Waals surface area contributed by atoms with Gasteiger partial charge in [0.1, 0.15) is 18.3 Å². The van der Waals surface area contributed by atoms with E-state index in [4.69, 9.17) is 4.74 Å². The topological polar surface area (TPSA) is 96.0 Å². The molecule has 0 bridgehead atoms. The van der Waals surface area contributed by atoms with E-state index in [0.29, 0.717) is 17.9 Å². The van der Waals surface area contributed by atoms with Crippen LogP contribution in [0.1, 0.15) is 48.8 Å². The number of carbonyl (C=O) groups is 2. The van der Waals surface area contributed by atoms with Gasteiger partial charge in [-0.25, -0.2) is 8.42 Å². The molecule has 0 spiro atoms. The Balaban J connectivity index is 1.71. The van der Waals surface area contributed by atoms with Crippen LogP contribution in [0.3, 0.4) is 0 Å². The zero-order valence-electron chi connectivity index (χ0n) is 24.7. The summed E-state index contributed by atoms with van der Waals surface area (Å²) in [6.07, 6.45) is 6.48. The molecular formula is C33H41N3O5S. The number of methoxy groups -OCH3 is 1. The molecule has 42 heavy (non-hydrogen) atoms. The van der Waals surface area contributed by atoms with Crippen LogP contribution in [0.25, 0.3) is 0 Å². The fourth-order valence-electron chi connectivity index (χ4n) is 5.47. The summed E-state index contributed by atoms with van der Waals surface area (Å²) in [5.74, 6) is -0.110. The highest BCUT2D eigenvalue weighted by Gasteiger charge is 2.34. The summed E-state index contributed by atoms with van der Waals surface area (Å²) in [7, 11) is -2.30. The number of anilines is 1. The lowest BCUT2D eigenvalue weighted by molar-refractivity contribution is -0.140. The first-order valence-corrected chi connectivity index (χ1v) is 16.3. The van der Waals surface area contributed by atoms with Crippen molar-refractivity contribution in [3.05, 3.63) is 95.6 Å². The number of nitrogens with one attached hydrogen (secondary N) is 1. The van der Waals surface area contributed by atoms with Crippen LogP contribution in [0.4, 0.5) is 5.69 Å². The lowest BCUT2D eigenvalue weighted by Crippen LogP contribution is -2.55. The Hall–Kier alpha value is -3.85. The van der Waals surface area contributed by atoms with Crippen LogP contribution in [-0.2, 0) is 32.6 Å². The summed E-state index contributed by atoms with van der Waals surface area (Å²) < 4.78 is 32.2. The van der Waals surface area contributed by atoms with Crippen molar-refractivity contribution in [3.8, 4) is 5.75 Å². The SMILES string of the molecule is COc1ccc(N(CC(=O)N(Cc2cccc(C)c2)C(Cc2ccccc2)C(=O)NC2CCCCC2)S(C)(=O)=O)cc1. The number of hydrogen-bond donors (Lipinski definition) is 1. The maximum Gasteiger partial charge on any atom is 0.244 e. The number of benzene rings is 3. The van der Waals surface area contributed by atoms with E-state index in [-0.39, 0.29) is 18.5 Å². The molecule has 0 radical (unpaired) electrons. The third kappa shape index (κ3) is 8.58. The molecule has 0 aliphatic heterocycles. The van der Waals surface area contributed by atoms with Crippen molar-refractivity contribution < 1.29 is 22.7 Å². The van der Waals surface area contributed by atoms with Gasteiger partial charge in [-0.15, -0.1) is 0 Å². The standard InChI is InChI=1S/C33H41N3O5S/c1-25-11-10-14-27(21-25)23-35(32(37)24-36(42(3,39)40)29-17-19-30(41-2)20-18-29)31(22-26-12-6-4-7-13-26)33(38)34-28-15-8-5-9-16-28/h4,6-7,10-14,17-21,28,31H,5,8-9,15-16,22-24H2,1-3H3,(H,34,38). The number of sulfonamides is 1. The van der Waals surface area contributed by atoms with E-state index < -0.39 is 28.5 Å². The lowest BCUT2D eigenvalue weighted by Gasteiger charge is -2.35. The van der Waals surface area contributed by atoms with Crippen LogP contribution >= 0.6 is 0 Å². The highest BCUT2D eigenvalue weighted by atomic mass is 32.2. The van der Waals surface area contributed by atoms with Gasteiger partial charge in [0.2, 0.25) is 21.8 Å². The van der Waals surface area contributed by atoms with E-state index in [1.54, 1.807) is 29.2 Å². The summed E-state index contributed by atoms with van der Waals surface area (Å²) in [6, 6.07) is 23.2. The molecule has 1 N–H and O–H groups in total. The molecule has 3 aromatic rings. The molecule has 1 aliphatic carbocycles. The first-order valence-electron chi connectivity index (χ1n) is 14.4. The minimum atomic E-state index is -3.83. The van der Waals surface area contributed by atoms with Crippen molar-refractivity contribution in [3.63, 3.8) is 0 Å². The van der Waals surface area contributed by atoms with Gasteiger partial charge in [-0.2, -0.15) is 0 Å². The predicted octanol–water partition coefficient (Wildman–Crippen LogP) is 4.86. The van der Waals surface area contributed by atoms with Gasteiger partial charge in [0.15, 0.2) is 0 Å². The molecule has 1 saturated carbocycles. The molecule has 1 atom stereocenters. The van der Waals surface area contributed by atoms with Crippen LogP contribution < -0.4 is 14.4 Å². The second kappa shape index (κ2) is 14.4. The van der Waals surface area contributed by atoms with Gasteiger partial charge >= 0.3 is 0 Å². The van der Waals surface area contributed by atoms with Crippen LogP contribution in [0.5, 0.6) is 5.75 Å². The number of carbonyl (C=O) groups excluding carboxylic acids is 2.